The van der Waals surface area contributed by atoms with Gasteiger partial charge in [-0.2, -0.15) is 0 Å². The Morgan fingerprint density at radius 3 is 2.37 bits per heavy atom. The zero-order valence-electron chi connectivity index (χ0n) is 16.1. The highest BCUT2D eigenvalue weighted by molar-refractivity contribution is 7.65. The number of ether oxygens (including phenoxy) is 1. The molecule has 1 aromatic heterocycles. The molecule has 1 atom stereocenters. The summed E-state index contributed by atoms with van der Waals surface area (Å²) < 4.78 is 23.4. The van der Waals surface area contributed by atoms with E-state index < -0.39 is 7.37 Å². The van der Waals surface area contributed by atoms with E-state index in [1.54, 1.807) is 24.9 Å². The molecule has 0 bridgehead atoms. The van der Waals surface area contributed by atoms with Crippen molar-refractivity contribution in [3.05, 3.63) is 53.2 Å². The van der Waals surface area contributed by atoms with E-state index >= 15 is 0 Å². The number of carbonyl (C=O) groups excluding carboxylic acids is 1. The summed E-state index contributed by atoms with van der Waals surface area (Å²) in [5.74, 6) is 6.78. The number of nitrogens with zero attached hydrogens (tertiary/aromatic N) is 1. The largest absolute Gasteiger partial charge is 0.486 e. The van der Waals surface area contributed by atoms with Crippen molar-refractivity contribution in [2.24, 2.45) is 0 Å². The monoisotopic (exact) mass is 385 g/mol. The van der Waals surface area contributed by atoms with Crippen LogP contribution < -0.4 is 10.2 Å². The van der Waals surface area contributed by atoms with Gasteiger partial charge in [-0.3, -0.25) is 9.36 Å². The van der Waals surface area contributed by atoms with Crippen LogP contribution in [0.5, 0.6) is 5.75 Å². The lowest BCUT2D eigenvalue weighted by atomic mass is 10.1. The first-order valence-corrected chi connectivity index (χ1v) is 10.9. The van der Waals surface area contributed by atoms with Crippen LogP contribution in [0, 0.1) is 11.8 Å². The second-order valence-corrected chi connectivity index (χ2v) is 8.50. The van der Waals surface area contributed by atoms with E-state index in [1.807, 2.05) is 32.0 Å². The predicted molar refractivity (Wildman–Crippen MR) is 107 cm³/mol. The predicted octanol–water partition coefficient (Wildman–Crippen LogP) is 3.58. The molecule has 27 heavy (non-hydrogen) atoms. The van der Waals surface area contributed by atoms with E-state index in [2.05, 4.69) is 16.8 Å². The van der Waals surface area contributed by atoms with Crippen LogP contribution in [0.25, 0.3) is 0 Å². The van der Waals surface area contributed by atoms with Crippen molar-refractivity contribution < 1.29 is 18.6 Å². The summed E-state index contributed by atoms with van der Waals surface area (Å²) in [4.78, 5) is 15.4. The van der Waals surface area contributed by atoms with E-state index in [0.717, 1.165) is 23.2 Å². The lowest BCUT2D eigenvalue weighted by Gasteiger charge is -2.13. The minimum Gasteiger partial charge on any atom is -0.486 e. The third-order valence-corrected chi connectivity index (χ3v) is 5.48. The van der Waals surface area contributed by atoms with Crippen molar-refractivity contribution in [3.63, 3.8) is 0 Å². The number of benzene rings is 1. The average molecular weight is 385 g/mol. The lowest BCUT2D eigenvalue weighted by molar-refractivity contribution is -0.118. The third-order valence-electron chi connectivity index (χ3n) is 3.67. The van der Waals surface area contributed by atoms with Gasteiger partial charge < -0.3 is 9.26 Å². The summed E-state index contributed by atoms with van der Waals surface area (Å²) >= 11 is 0. The normalized spacial score (nSPS) is 12.6. The summed E-state index contributed by atoms with van der Waals surface area (Å²) in [6, 6.07) is 10.8. The van der Waals surface area contributed by atoms with Crippen molar-refractivity contribution in [1.29, 1.82) is 0 Å². The number of aromatic nitrogens is 1. The van der Waals surface area contributed by atoms with E-state index in [9.17, 15) is 9.36 Å². The van der Waals surface area contributed by atoms with Gasteiger partial charge in [-0.1, -0.05) is 18.8 Å². The van der Waals surface area contributed by atoms with Crippen molar-refractivity contribution >= 4 is 18.6 Å². The number of rotatable bonds is 7. The van der Waals surface area contributed by atoms with E-state index in [-0.39, 0.29) is 12.4 Å². The number of hydrogen-bond acceptors (Lipinski definition) is 5. The highest BCUT2D eigenvalue weighted by atomic mass is 31.2. The van der Waals surface area contributed by atoms with Gasteiger partial charge in [-0.05, 0) is 56.7 Å². The van der Waals surface area contributed by atoms with E-state index in [0.29, 0.717) is 17.8 Å². The van der Waals surface area contributed by atoms with E-state index in [1.165, 1.54) is 6.92 Å². The summed E-state index contributed by atoms with van der Waals surface area (Å²) in [6.45, 7) is 7.28. The fourth-order valence-electron chi connectivity index (χ4n) is 2.31. The van der Waals surface area contributed by atoms with E-state index in [4.69, 9.17) is 9.26 Å². The highest BCUT2D eigenvalue weighted by Crippen LogP contribution is 2.40. The van der Waals surface area contributed by atoms with Gasteiger partial charge in [0.05, 0.1) is 6.61 Å². The molecule has 1 unspecified atom stereocenters. The fraction of sp³-hybridized carbons (Fsp3) is 0.333. The quantitative estimate of drug-likeness (QED) is 0.538. The molecule has 0 N–H and O–H groups in total. The van der Waals surface area contributed by atoms with Crippen LogP contribution >= 0.6 is 7.37 Å². The van der Waals surface area contributed by atoms with Gasteiger partial charge in [0.25, 0.3) is 0 Å². The Morgan fingerprint density at radius 2 is 1.78 bits per heavy atom. The van der Waals surface area contributed by atoms with Gasteiger partial charge in [-0.25, -0.2) is 4.98 Å². The number of carbonyl (C=O) groups is 1. The molecule has 0 aliphatic carbocycles. The Morgan fingerprint density at radius 1 is 1.11 bits per heavy atom. The Hall–Kier alpha value is -2.41. The minimum absolute atomic E-state index is 0.0284. The number of ketones is 1. The molecule has 1 aromatic carbocycles. The summed E-state index contributed by atoms with van der Waals surface area (Å²) in [5.41, 5.74) is 2.83. The lowest BCUT2D eigenvalue weighted by Crippen LogP contribution is -2.14. The third kappa shape index (κ3) is 6.36. The Kier molecular flexibility index (Phi) is 7.36. The van der Waals surface area contributed by atoms with Crippen molar-refractivity contribution in [2.45, 2.75) is 27.2 Å². The number of pyridine rings is 1. The second kappa shape index (κ2) is 9.50. The molecule has 0 aliphatic rings. The smallest absolute Gasteiger partial charge is 0.247 e. The van der Waals surface area contributed by atoms with Gasteiger partial charge in [0.1, 0.15) is 17.8 Å². The summed E-state index contributed by atoms with van der Waals surface area (Å²) in [5, 5.41) is 0. The zero-order valence-corrected chi connectivity index (χ0v) is 17.0. The van der Waals surface area contributed by atoms with Crippen LogP contribution in [0.15, 0.2) is 36.4 Å². The highest BCUT2D eigenvalue weighted by Gasteiger charge is 2.21. The maximum atomic E-state index is 12.7. The van der Waals surface area contributed by atoms with Crippen LogP contribution in [0.2, 0.25) is 0 Å². The molecule has 0 saturated heterocycles. The average Bonchev–Trinajstić information content (AvgIpc) is 2.65. The van der Waals surface area contributed by atoms with Crippen molar-refractivity contribution in [2.75, 3.05) is 19.9 Å². The molecule has 0 radical (unpaired) electrons. The minimum atomic E-state index is -2.95. The van der Waals surface area contributed by atoms with Crippen LogP contribution in [-0.2, 0) is 20.3 Å². The van der Waals surface area contributed by atoms with Gasteiger partial charge in [-0.15, -0.1) is 0 Å². The van der Waals surface area contributed by atoms with Gasteiger partial charge >= 0.3 is 0 Å². The first kappa shape index (κ1) is 20.9. The molecule has 0 aliphatic heterocycles. The molecule has 0 amide bonds. The molecule has 5 nitrogen and oxygen atoms in total. The molecule has 1 heterocycles. The van der Waals surface area contributed by atoms with Crippen molar-refractivity contribution in [1.82, 2.24) is 4.98 Å². The van der Waals surface area contributed by atoms with Crippen LogP contribution in [0.3, 0.4) is 0 Å². The molecular formula is C21H24NO4P. The molecule has 2 rings (SSSR count). The van der Waals surface area contributed by atoms with Gasteiger partial charge in [0.15, 0.2) is 5.78 Å². The van der Waals surface area contributed by atoms with Crippen LogP contribution in [-0.4, -0.2) is 30.6 Å². The fourth-order valence-corrected chi connectivity index (χ4v) is 3.62. The first-order chi connectivity index (χ1) is 12.8. The Labute approximate surface area is 160 Å². The molecule has 6 heteroatoms. The maximum Gasteiger partial charge on any atom is 0.247 e. The SMILES string of the molecule is CCOP(C)(=O)c1cc(C#Cc2ccc(OCC(C)=O)cc2)cc(CC)n1. The topological polar surface area (TPSA) is 65.5 Å². The molecular weight excluding hydrogens is 361 g/mol. The number of hydrogen-bond donors (Lipinski definition) is 0. The Balaban J connectivity index is 2.25. The summed E-state index contributed by atoms with van der Waals surface area (Å²) in [7, 11) is -2.95. The summed E-state index contributed by atoms with van der Waals surface area (Å²) in [6.07, 6.45) is 0.719. The second-order valence-electron chi connectivity index (χ2n) is 6.09. The van der Waals surface area contributed by atoms with Crippen LogP contribution in [0.4, 0.5) is 0 Å². The van der Waals surface area contributed by atoms with Crippen molar-refractivity contribution in [3.8, 4) is 17.6 Å². The number of aryl methyl sites for hydroxylation is 1. The molecule has 2 aromatic rings. The van der Waals surface area contributed by atoms with Gasteiger partial charge in [0.2, 0.25) is 7.37 Å². The van der Waals surface area contributed by atoms with Gasteiger partial charge in [0, 0.05) is 23.5 Å². The molecule has 0 fully saturated rings. The number of Topliss-reactive ketones (excluding diaryl/α,β-unsaturated/α-hetero) is 1. The Bertz CT molecular complexity index is 910. The molecule has 0 spiro atoms. The maximum absolute atomic E-state index is 12.7. The zero-order chi connectivity index (χ0) is 19.9. The standard InChI is InChI=1S/C21H24NO4P/c1-5-19-13-18(14-21(22-19)27(4,24)26-6-2)8-7-17-9-11-20(12-10-17)25-15-16(3)23/h9-14H,5-6,15H2,1-4H3. The molecule has 142 valence electrons. The first-order valence-electron chi connectivity index (χ1n) is 8.82. The molecule has 0 saturated carbocycles. The van der Waals surface area contributed by atoms with Crippen LogP contribution in [0.1, 0.15) is 37.6 Å².